The molecule has 0 bridgehead atoms. The number of fused-ring (bicyclic) bond motifs is 1. The SMILES string of the molecule is N=C1CC(C(=O)N2CCn3c(nnc3C(F)(F)F)C2)=CC[C@@H]1c1cc(F)c(F)cc1F. The molecule has 1 N–H and O–H groups in total. The van der Waals surface area contributed by atoms with Gasteiger partial charge in [0.15, 0.2) is 17.5 Å². The Hall–Kier alpha value is -3.18. The van der Waals surface area contributed by atoms with Crippen molar-refractivity contribution in [1.29, 1.82) is 5.41 Å². The first kappa shape index (κ1) is 21.1. The molecule has 1 aliphatic carbocycles. The monoisotopic (exact) mass is 443 g/mol. The van der Waals surface area contributed by atoms with Crippen molar-refractivity contribution in [3.05, 3.63) is 58.4 Å². The molecule has 4 rings (SSSR count). The van der Waals surface area contributed by atoms with Gasteiger partial charge in [-0.2, -0.15) is 13.2 Å². The zero-order chi connectivity index (χ0) is 22.5. The number of hydrogen-bond acceptors (Lipinski definition) is 4. The first-order valence-electron chi connectivity index (χ1n) is 9.25. The second-order valence-corrected chi connectivity index (χ2v) is 7.32. The average Bonchev–Trinajstić information content (AvgIpc) is 3.14. The molecule has 0 fully saturated rings. The van der Waals surface area contributed by atoms with Gasteiger partial charge in [0.1, 0.15) is 5.82 Å². The molecular formula is C19H15F6N5O. The van der Waals surface area contributed by atoms with E-state index in [0.717, 1.165) is 4.57 Å². The largest absolute Gasteiger partial charge is 0.451 e. The molecular weight excluding hydrogens is 428 g/mol. The van der Waals surface area contributed by atoms with E-state index < -0.39 is 41.3 Å². The zero-order valence-electron chi connectivity index (χ0n) is 15.8. The predicted octanol–water partition coefficient (Wildman–Crippen LogP) is 3.58. The molecule has 31 heavy (non-hydrogen) atoms. The fourth-order valence-corrected chi connectivity index (χ4v) is 3.83. The number of nitrogens with zero attached hydrogens (tertiary/aromatic N) is 4. The predicted molar refractivity (Wildman–Crippen MR) is 94.5 cm³/mol. The van der Waals surface area contributed by atoms with Crippen LogP contribution in [0.15, 0.2) is 23.8 Å². The van der Waals surface area contributed by atoms with Crippen LogP contribution < -0.4 is 0 Å². The van der Waals surface area contributed by atoms with Crippen LogP contribution >= 0.6 is 0 Å². The van der Waals surface area contributed by atoms with Gasteiger partial charge in [-0.25, -0.2) is 13.2 Å². The van der Waals surface area contributed by atoms with Crippen molar-refractivity contribution >= 4 is 11.6 Å². The summed E-state index contributed by atoms with van der Waals surface area (Å²) in [4.78, 5) is 14.1. The Morgan fingerprint density at radius 2 is 1.77 bits per heavy atom. The van der Waals surface area contributed by atoms with Crippen molar-refractivity contribution in [1.82, 2.24) is 19.7 Å². The quantitative estimate of drug-likeness (QED) is 0.570. The summed E-state index contributed by atoms with van der Waals surface area (Å²) >= 11 is 0. The molecule has 1 aromatic carbocycles. The van der Waals surface area contributed by atoms with E-state index >= 15 is 0 Å². The number of alkyl halides is 3. The summed E-state index contributed by atoms with van der Waals surface area (Å²) in [6.45, 7) is -0.303. The maximum atomic E-state index is 14.1. The topological polar surface area (TPSA) is 74.9 Å². The molecule has 0 spiro atoms. The number of amides is 1. The zero-order valence-corrected chi connectivity index (χ0v) is 15.8. The van der Waals surface area contributed by atoms with Crippen LogP contribution in [0.2, 0.25) is 0 Å². The second-order valence-electron chi connectivity index (χ2n) is 7.32. The van der Waals surface area contributed by atoms with Crippen LogP contribution in [-0.4, -0.2) is 37.8 Å². The Morgan fingerprint density at radius 1 is 1.06 bits per heavy atom. The minimum absolute atomic E-state index is 0.000135. The molecule has 0 unspecified atom stereocenters. The normalized spacial score (nSPS) is 19.3. The van der Waals surface area contributed by atoms with Crippen molar-refractivity contribution in [2.24, 2.45) is 0 Å². The summed E-state index contributed by atoms with van der Waals surface area (Å²) in [6, 6.07) is 1.13. The van der Waals surface area contributed by atoms with Crippen molar-refractivity contribution in [2.75, 3.05) is 6.54 Å². The van der Waals surface area contributed by atoms with Gasteiger partial charge in [-0.1, -0.05) is 6.08 Å². The first-order valence-corrected chi connectivity index (χ1v) is 9.25. The lowest BCUT2D eigenvalue weighted by Gasteiger charge is -2.31. The van der Waals surface area contributed by atoms with E-state index in [-0.39, 0.29) is 55.1 Å². The highest BCUT2D eigenvalue weighted by molar-refractivity contribution is 6.03. The van der Waals surface area contributed by atoms with Gasteiger partial charge in [0.2, 0.25) is 11.7 Å². The third-order valence-electron chi connectivity index (χ3n) is 5.39. The summed E-state index contributed by atoms with van der Waals surface area (Å²) in [6.07, 6.45) is -3.27. The standard InChI is InChI=1S/C19H15F6N5O/c20-12-7-14(22)13(21)6-11(12)10-2-1-9(5-15(10)26)17(31)29-3-4-30-16(8-29)27-28-18(30)19(23,24)25/h1,6-7,10,26H,2-5,8H2/t10-/m1/s1. The number of allylic oxidation sites excluding steroid dienone is 1. The van der Waals surface area contributed by atoms with Gasteiger partial charge in [0, 0.05) is 42.8 Å². The van der Waals surface area contributed by atoms with Gasteiger partial charge in [-0.15, -0.1) is 10.2 Å². The molecule has 2 heterocycles. The van der Waals surface area contributed by atoms with Gasteiger partial charge in [-0.3, -0.25) is 4.79 Å². The molecule has 6 nitrogen and oxygen atoms in total. The molecule has 1 atom stereocenters. The smallest absolute Gasteiger partial charge is 0.330 e. The summed E-state index contributed by atoms with van der Waals surface area (Å²) < 4.78 is 80.5. The van der Waals surface area contributed by atoms with Crippen molar-refractivity contribution < 1.29 is 31.1 Å². The highest BCUT2D eigenvalue weighted by atomic mass is 19.4. The van der Waals surface area contributed by atoms with E-state index in [2.05, 4.69) is 10.2 Å². The van der Waals surface area contributed by atoms with Crippen molar-refractivity contribution in [3.63, 3.8) is 0 Å². The number of nitrogens with one attached hydrogen (secondary N) is 1. The van der Waals surface area contributed by atoms with Crippen LogP contribution in [0.4, 0.5) is 26.3 Å². The van der Waals surface area contributed by atoms with E-state index in [9.17, 15) is 31.1 Å². The number of carbonyl (C=O) groups excluding carboxylic acids is 1. The van der Waals surface area contributed by atoms with Gasteiger partial charge in [0.05, 0.1) is 6.54 Å². The highest BCUT2D eigenvalue weighted by Gasteiger charge is 2.40. The average molecular weight is 443 g/mol. The molecule has 2 aromatic rings. The molecule has 1 aromatic heterocycles. The molecule has 0 radical (unpaired) electrons. The summed E-state index contributed by atoms with van der Waals surface area (Å²) in [7, 11) is 0. The van der Waals surface area contributed by atoms with Gasteiger partial charge in [-0.05, 0) is 18.1 Å². The number of carbonyl (C=O) groups is 1. The molecule has 0 saturated carbocycles. The summed E-state index contributed by atoms with van der Waals surface area (Å²) in [5.74, 6) is -5.98. The Kier molecular flexibility index (Phi) is 5.10. The van der Waals surface area contributed by atoms with Crippen molar-refractivity contribution in [3.8, 4) is 0 Å². The lowest BCUT2D eigenvalue weighted by molar-refractivity contribution is -0.148. The van der Waals surface area contributed by atoms with E-state index in [1.807, 2.05) is 0 Å². The van der Waals surface area contributed by atoms with Gasteiger partial charge >= 0.3 is 6.18 Å². The molecule has 0 saturated heterocycles. The summed E-state index contributed by atoms with van der Waals surface area (Å²) in [5, 5.41) is 14.9. The van der Waals surface area contributed by atoms with Gasteiger partial charge in [0.25, 0.3) is 0 Å². The molecule has 1 aliphatic heterocycles. The van der Waals surface area contributed by atoms with Crippen LogP contribution in [0.5, 0.6) is 0 Å². The number of aromatic nitrogens is 3. The van der Waals surface area contributed by atoms with Crippen LogP contribution in [0.3, 0.4) is 0 Å². The van der Waals surface area contributed by atoms with Crippen LogP contribution in [0, 0.1) is 22.9 Å². The minimum atomic E-state index is -4.65. The minimum Gasteiger partial charge on any atom is -0.330 e. The number of hydrogen-bond donors (Lipinski definition) is 1. The van der Waals surface area contributed by atoms with E-state index in [1.165, 1.54) is 11.0 Å². The summed E-state index contributed by atoms with van der Waals surface area (Å²) in [5.41, 5.74) is 0.0148. The maximum Gasteiger partial charge on any atom is 0.451 e. The maximum absolute atomic E-state index is 14.1. The Bertz CT molecular complexity index is 1110. The Labute approximate surface area is 171 Å². The molecule has 2 aliphatic rings. The number of halogens is 6. The van der Waals surface area contributed by atoms with E-state index in [0.29, 0.717) is 12.1 Å². The highest BCUT2D eigenvalue weighted by Crippen LogP contribution is 2.34. The van der Waals surface area contributed by atoms with Gasteiger partial charge < -0.3 is 14.9 Å². The lowest BCUT2D eigenvalue weighted by Crippen LogP contribution is -2.40. The lowest BCUT2D eigenvalue weighted by atomic mass is 9.82. The molecule has 164 valence electrons. The fourth-order valence-electron chi connectivity index (χ4n) is 3.83. The third kappa shape index (κ3) is 3.81. The fraction of sp³-hybridized carbons (Fsp3) is 0.368. The Balaban J connectivity index is 1.50. The van der Waals surface area contributed by atoms with E-state index in [1.54, 1.807) is 0 Å². The first-order chi connectivity index (χ1) is 14.6. The third-order valence-corrected chi connectivity index (χ3v) is 5.39. The number of rotatable bonds is 2. The van der Waals surface area contributed by atoms with Crippen molar-refractivity contribution in [2.45, 2.75) is 38.0 Å². The molecule has 12 heteroatoms. The van der Waals surface area contributed by atoms with Crippen LogP contribution in [0.25, 0.3) is 0 Å². The number of benzene rings is 1. The van der Waals surface area contributed by atoms with E-state index in [4.69, 9.17) is 5.41 Å². The van der Waals surface area contributed by atoms with Crippen LogP contribution in [0.1, 0.15) is 36.0 Å². The second kappa shape index (κ2) is 7.50. The Morgan fingerprint density at radius 3 is 2.45 bits per heavy atom. The van der Waals surface area contributed by atoms with Crippen LogP contribution in [-0.2, 0) is 24.1 Å². The molecule has 1 amide bonds.